The van der Waals surface area contributed by atoms with Crippen molar-refractivity contribution in [1.29, 1.82) is 0 Å². The Morgan fingerprint density at radius 2 is 2.19 bits per heavy atom. The summed E-state index contributed by atoms with van der Waals surface area (Å²) in [5.41, 5.74) is 5.68. The lowest BCUT2D eigenvalue weighted by Gasteiger charge is -2.32. The van der Waals surface area contributed by atoms with Gasteiger partial charge in [0.25, 0.3) is 0 Å². The minimum Gasteiger partial charge on any atom is -0.444 e. The minimum absolute atomic E-state index is 0.277. The molecule has 1 unspecified atom stereocenters. The zero-order chi connectivity index (χ0) is 11.4. The topological polar surface area (TPSA) is 55.3 Å². The van der Waals surface area contributed by atoms with Crippen LogP contribution in [0.4, 0.5) is 0 Å². The van der Waals surface area contributed by atoms with Crippen molar-refractivity contribution in [3.63, 3.8) is 0 Å². The molecule has 1 atom stereocenters. The molecule has 1 aliphatic heterocycles. The minimum atomic E-state index is 0.277. The van der Waals surface area contributed by atoms with Gasteiger partial charge in [0.2, 0.25) is 5.89 Å². The molecule has 1 saturated heterocycles. The van der Waals surface area contributed by atoms with Gasteiger partial charge in [0.1, 0.15) is 5.76 Å². The number of nitrogens with two attached hydrogens (primary N) is 1. The molecule has 1 fully saturated rings. The van der Waals surface area contributed by atoms with E-state index in [2.05, 4.69) is 9.88 Å². The largest absolute Gasteiger partial charge is 0.444 e. The lowest BCUT2D eigenvalue weighted by atomic mass is 10.1. The summed E-state index contributed by atoms with van der Waals surface area (Å²) in [6.07, 6.45) is 6.63. The molecule has 2 N–H and O–H groups in total. The summed E-state index contributed by atoms with van der Waals surface area (Å²) in [5, 5.41) is 0. The van der Waals surface area contributed by atoms with Gasteiger partial charge in [0.05, 0.1) is 12.2 Å². The van der Waals surface area contributed by atoms with Crippen molar-refractivity contribution < 1.29 is 4.42 Å². The van der Waals surface area contributed by atoms with Gasteiger partial charge in [0.15, 0.2) is 0 Å². The monoisotopic (exact) mass is 223 g/mol. The van der Waals surface area contributed by atoms with Crippen molar-refractivity contribution in [3.8, 4) is 0 Å². The number of hydrogen-bond donors (Lipinski definition) is 1. The van der Waals surface area contributed by atoms with Crippen LogP contribution in [0, 0.1) is 6.92 Å². The molecule has 1 aliphatic rings. The molecule has 0 aliphatic carbocycles. The van der Waals surface area contributed by atoms with Crippen LogP contribution in [0.5, 0.6) is 0 Å². The van der Waals surface area contributed by atoms with Gasteiger partial charge in [-0.2, -0.15) is 0 Å². The molecule has 0 aromatic carbocycles. The maximum absolute atomic E-state index is 5.68. The molecule has 2 rings (SSSR count). The third kappa shape index (κ3) is 2.62. The summed E-state index contributed by atoms with van der Waals surface area (Å²) in [4.78, 5) is 6.81. The Hall–Kier alpha value is -0.870. The molecule has 16 heavy (non-hydrogen) atoms. The fourth-order valence-electron chi connectivity index (χ4n) is 2.38. The van der Waals surface area contributed by atoms with Crippen molar-refractivity contribution in [1.82, 2.24) is 9.88 Å². The van der Waals surface area contributed by atoms with E-state index in [9.17, 15) is 0 Å². The second-order valence-corrected chi connectivity index (χ2v) is 4.50. The standard InChI is InChI=1S/C12H21N3O/c1-10-9-14-12(16-10)11(5-6-13)15-7-3-2-4-8-15/h9,11H,2-8,13H2,1H3. The lowest BCUT2D eigenvalue weighted by Crippen LogP contribution is -2.35. The smallest absolute Gasteiger partial charge is 0.211 e. The second kappa shape index (κ2) is 5.46. The van der Waals surface area contributed by atoms with Crippen LogP contribution in [0.25, 0.3) is 0 Å². The molecule has 2 heterocycles. The number of oxazole rings is 1. The highest BCUT2D eigenvalue weighted by Crippen LogP contribution is 2.26. The molecular weight excluding hydrogens is 202 g/mol. The third-order valence-electron chi connectivity index (χ3n) is 3.20. The number of rotatable bonds is 4. The number of aryl methyl sites for hydroxylation is 1. The lowest BCUT2D eigenvalue weighted by molar-refractivity contribution is 0.134. The van der Waals surface area contributed by atoms with Crippen molar-refractivity contribution in [2.45, 2.75) is 38.6 Å². The van der Waals surface area contributed by atoms with Gasteiger partial charge >= 0.3 is 0 Å². The SMILES string of the molecule is Cc1cnc(C(CCN)N2CCCCC2)o1. The van der Waals surface area contributed by atoms with Gasteiger partial charge in [-0.1, -0.05) is 6.42 Å². The summed E-state index contributed by atoms with van der Waals surface area (Å²) in [5.74, 6) is 1.72. The average molecular weight is 223 g/mol. The summed E-state index contributed by atoms with van der Waals surface area (Å²) in [6.45, 7) is 4.91. The van der Waals surface area contributed by atoms with Gasteiger partial charge in [-0.05, 0) is 45.8 Å². The third-order valence-corrected chi connectivity index (χ3v) is 3.20. The van der Waals surface area contributed by atoms with Gasteiger partial charge in [-0.15, -0.1) is 0 Å². The number of likely N-dealkylation sites (tertiary alicyclic amines) is 1. The summed E-state index contributed by atoms with van der Waals surface area (Å²) in [6, 6.07) is 0.277. The molecule has 1 aromatic rings. The van der Waals surface area contributed by atoms with Crippen LogP contribution in [0.3, 0.4) is 0 Å². The summed E-state index contributed by atoms with van der Waals surface area (Å²) in [7, 11) is 0. The molecular formula is C12H21N3O. The highest BCUT2D eigenvalue weighted by molar-refractivity contribution is 4.97. The van der Waals surface area contributed by atoms with Crippen LogP contribution >= 0.6 is 0 Å². The van der Waals surface area contributed by atoms with E-state index in [-0.39, 0.29) is 6.04 Å². The molecule has 90 valence electrons. The molecule has 0 amide bonds. The maximum Gasteiger partial charge on any atom is 0.211 e. The molecule has 0 radical (unpaired) electrons. The highest BCUT2D eigenvalue weighted by Gasteiger charge is 2.25. The molecule has 0 saturated carbocycles. The van der Waals surface area contributed by atoms with E-state index >= 15 is 0 Å². The van der Waals surface area contributed by atoms with Gasteiger partial charge in [-0.3, -0.25) is 4.90 Å². The average Bonchev–Trinajstić information content (AvgIpc) is 2.74. The fourth-order valence-corrected chi connectivity index (χ4v) is 2.38. The Labute approximate surface area is 96.8 Å². The number of aromatic nitrogens is 1. The Bertz CT molecular complexity index is 318. The van der Waals surface area contributed by atoms with Crippen LogP contribution < -0.4 is 5.73 Å². The predicted molar refractivity (Wildman–Crippen MR) is 63.1 cm³/mol. The van der Waals surface area contributed by atoms with E-state index in [4.69, 9.17) is 10.2 Å². The number of nitrogens with zero attached hydrogens (tertiary/aromatic N) is 2. The van der Waals surface area contributed by atoms with Crippen LogP contribution in [-0.4, -0.2) is 29.5 Å². The molecule has 0 bridgehead atoms. The van der Waals surface area contributed by atoms with Crippen molar-refractivity contribution in [2.24, 2.45) is 5.73 Å². The first-order valence-corrected chi connectivity index (χ1v) is 6.17. The van der Waals surface area contributed by atoms with Crippen LogP contribution in [0.1, 0.15) is 43.4 Å². The zero-order valence-electron chi connectivity index (χ0n) is 9.98. The van der Waals surface area contributed by atoms with Crippen LogP contribution in [0.15, 0.2) is 10.6 Å². The van der Waals surface area contributed by atoms with Crippen LogP contribution in [0.2, 0.25) is 0 Å². The quantitative estimate of drug-likeness (QED) is 0.846. The fraction of sp³-hybridized carbons (Fsp3) is 0.750. The van der Waals surface area contributed by atoms with Crippen molar-refractivity contribution >= 4 is 0 Å². The van der Waals surface area contributed by atoms with E-state index in [0.29, 0.717) is 6.54 Å². The van der Waals surface area contributed by atoms with Gasteiger partial charge in [-0.25, -0.2) is 4.98 Å². The Morgan fingerprint density at radius 1 is 1.44 bits per heavy atom. The first kappa shape index (κ1) is 11.6. The molecule has 4 nitrogen and oxygen atoms in total. The van der Waals surface area contributed by atoms with Crippen molar-refractivity contribution in [3.05, 3.63) is 17.8 Å². The predicted octanol–water partition coefficient (Wildman–Crippen LogP) is 1.86. The number of piperidine rings is 1. The first-order chi connectivity index (χ1) is 7.81. The van der Waals surface area contributed by atoms with E-state index in [1.807, 2.05) is 6.92 Å². The Balaban J connectivity index is 2.09. The maximum atomic E-state index is 5.68. The molecule has 0 spiro atoms. The van der Waals surface area contributed by atoms with Gasteiger partial charge < -0.3 is 10.2 Å². The van der Waals surface area contributed by atoms with E-state index < -0.39 is 0 Å². The van der Waals surface area contributed by atoms with Crippen LogP contribution in [-0.2, 0) is 0 Å². The normalized spacial score (nSPS) is 19.9. The Morgan fingerprint density at radius 3 is 2.75 bits per heavy atom. The first-order valence-electron chi connectivity index (χ1n) is 6.17. The van der Waals surface area contributed by atoms with Crippen molar-refractivity contribution in [2.75, 3.05) is 19.6 Å². The Kier molecular flexibility index (Phi) is 3.96. The second-order valence-electron chi connectivity index (χ2n) is 4.50. The molecule has 1 aromatic heterocycles. The molecule has 4 heteroatoms. The van der Waals surface area contributed by atoms with E-state index in [0.717, 1.165) is 31.2 Å². The van der Waals surface area contributed by atoms with E-state index in [1.54, 1.807) is 6.20 Å². The number of hydrogen-bond acceptors (Lipinski definition) is 4. The van der Waals surface area contributed by atoms with Gasteiger partial charge in [0, 0.05) is 0 Å². The van der Waals surface area contributed by atoms with E-state index in [1.165, 1.54) is 19.3 Å². The summed E-state index contributed by atoms with van der Waals surface area (Å²) >= 11 is 0. The zero-order valence-corrected chi connectivity index (χ0v) is 9.98. The highest BCUT2D eigenvalue weighted by atomic mass is 16.4. The summed E-state index contributed by atoms with van der Waals surface area (Å²) < 4.78 is 5.64.